The van der Waals surface area contributed by atoms with Crippen LogP contribution >= 0.6 is 12.2 Å². The Morgan fingerprint density at radius 3 is 2.46 bits per heavy atom. The molecule has 1 aromatic carbocycles. The summed E-state index contributed by atoms with van der Waals surface area (Å²) in [5.41, 5.74) is 0.656. The van der Waals surface area contributed by atoms with Gasteiger partial charge in [0.25, 0.3) is 0 Å². The summed E-state index contributed by atoms with van der Waals surface area (Å²) in [6.07, 6.45) is 6.79. The van der Waals surface area contributed by atoms with Crippen molar-refractivity contribution in [2.45, 2.75) is 20.3 Å². The summed E-state index contributed by atoms with van der Waals surface area (Å²) in [6.45, 7) is 3.28. The van der Waals surface area contributed by atoms with Gasteiger partial charge in [-0.2, -0.15) is 0 Å². The fourth-order valence-corrected chi connectivity index (χ4v) is 2.56. The molecule has 0 aromatic heterocycles. The summed E-state index contributed by atoms with van der Waals surface area (Å²) in [5, 5.41) is 19.0. The predicted molar refractivity (Wildman–Crippen MR) is 96.4 cm³/mol. The van der Waals surface area contributed by atoms with Crippen molar-refractivity contribution in [2.75, 3.05) is 0 Å². The first-order chi connectivity index (χ1) is 11.2. The van der Waals surface area contributed by atoms with Crippen molar-refractivity contribution in [1.82, 2.24) is 0 Å². The van der Waals surface area contributed by atoms with Crippen molar-refractivity contribution in [3.05, 3.63) is 65.3 Å². The second-order valence-electron chi connectivity index (χ2n) is 6.06. The van der Waals surface area contributed by atoms with E-state index in [1.807, 2.05) is 0 Å². The van der Waals surface area contributed by atoms with Crippen LogP contribution < -0.4 is 0 Å². The lowest BCUT2D eigenvalue weighted by Crippen LogP contribution is -2.28. The molecule has 0 spiro atoms. The van der Waals surface area contributed by atoms with Crippen LogP contribution in [0.1, 0.15) is 30.6 Å². The number of allylic oxidation sites excluding steroid dienone is 5. The number of carbonyl (C=O) groups is 2. The summed E-state index contributed by atoms with van der Waals surface area (Å²) >= 11 is 5.34. The smallest absolute Gasteiger partial charge is 0.313 e. The third-order valence-corrected chi connectivity index (χ3v) is 4.44. The zero-order valence-corrected chi connectivity index (χ0v) is 14.3. The quantitative estimate of drug-likeness (QED) is 0.483. The van der Waals surface area contributed by atoms with Gasteiger partial charge in [-0.25, -0.2) is 0 Å². The summed E-state index contributed by atoms with van der Waals surface area (Å²) in [6, 6.07) is 6.32. The molecule has 0 amide bonds. The van der Waals surface area contributed by atoms with Crippen LogP contribution in [-0.2, 0) is 4.79 Å². The van der Waals surface area contributed by atoms with Crippen molar-refractivity contribution in [2.24, 2.45) is 5.41 Å². The topological polar surface area (TPSA) is 74.6 Å². The van der Waals surface area contributed by atoms with Gasteiger partial charge in [-0.15, -0.1) is 0 Å². The fraction of sp³-hybridized carbons (Fsp3) is 0.211. The SMILES string of the molecule is CC(C)(C(=O)O)C1=CC=C(C=CC(=O)c2ccccc2O)C(=S)C1. The Balaban J connectivity index is 2.22. The van der Waals surface area contributed by atoms with E-state index in [0.29, 0.717) is 16.9 Å². The first-order valence-electron chi connectivity index (χ1n) is 7.42. The number of carbonyl (C=O) groups excluding carboxylic acids is 1. The second kappa shape index (κ2) is 6.93. The number of hydrogen-bond acceptors (Lipinski definition) is 4. The van der Waals surface area contributed by atoms with Crippen LogP contribution in [0, 0.1) is 5.41 Å². The Hall–Kier alpha value is -2.53. The fourth-order valence-electron chi connectivity index (χ4n) is 2.27. The van der Waals surface area contributed by atoms with E-state index >= 15 is 0 Å². The number of phenolic OH excluding ortho intramolecular Hbond substituents is 1. The van der Waals surface area contributed by atoms with Gasteiger partial charge in [0.1, 0.15) is 5.75 Å². The molecule has 1 aromatic rings. The Morgan fingerprint density at radius 1 is 1.21 bits per heavy atom. The van der Waals surface area contributed by atoms with Crippen LogP contribution in [0.4, 0.5) is 0 Å². The first kappa shape index (κ1) is 17.8. The Labute approximate surface area is 145 Å². The van der Waals surface area contributed by atoms with Gasteiger partial charge in [0.15, 0.2) is 5.78 Å². The van der Waals surface area contributed by atoms with E-state index in [2.05, 4.69) is 0 Å². The molecule has 1 aliphatic rings. The van der Waals surface area contributed by atoms with E-state index in [-0.39, 0.29) is 17.1 Å². The number of rotatable bonds is 5. The Bertz CT molecular complexity index is 797. The summed E-state index contributed by atoms with van der Waals surface area (Å²) < 4.78 is 0. The average Bonchev–Trinajstić information content (AvgIpc) is 2.53. The lowest BCUT2D eigenvalue weighted by molar-refractivity contribution is -0.144. The van der Waals surface area contributed by atoms with Crippen molar-refractivity contribution in [1.29, 1.82) is 0 Å². The normalized spacial score (nSPS) is 15.2. The summed E-state index contributed by atoms with van der Waals surface area (Å²) in [7, 11) is 0. The zero-order valence-electron chi connectivity index (χ0n) is 13.4. The van der Waals surface area contributed by atoms with Crippen molar-refractivity contribution < 1.29 is 19.8 Å². The number of benzene rings is 1. The molecule has 24 heavy (non-hydrogen) atoms. The average molecular weight is 342 g/mol. The molecule has 1 aliphatic carbocycles. The molecule has 0 saturated carbocycles. The molecule has 0 unspecified atom stereocenters. The number of thiocarbonyl (C=S) groups is 1. The molecule has 0 fully saturated rings. The minimum atomic E-state index is -0.985. The van der Waals surface area contributed by atoms with Gasteiger partial charge < -0.3 is 10.2 Å². The van der Waals surface area contributed by atoms with E-state index in [1.165, 1.54) is 12.1 Å². The second-order valence-corrected chi connectivity index (χ2v) is 6.55. The van der Waals surface area contributed by atoms with E-state index in [0.717, 1.165) is 5.57 Å². The van der Waals surface area contributed by atoms with Gasteiger partial charge >= 0.3 is 5.97 Å². The lowest BCUT2D eigenvalue weighted by Gasteiger charge is -2.25. The molecule has 0 heterocycles. The third kappa shape index (κ3) is 3.68. The van der Waals surface area contributed by atoms with Crippen molar-refractivity contribution in [3.63, 3.8) is 0 Å². The number of phenols is 1. The number of carboxylic acids is 1. The highest BCUT2D eigenvalue weighted by atomic mass is 32.1. The molecule has 0 bridgehead atoms. The van der Waals surface area contributed by atoms with Crippen LogP contribution in [0.15, 0.2) is 59.7 Å². The molecule has 0 aliphatic heterocycles. The van der Waals surface area contributed by atoms with Crippen LogP contribution in [0.5, 0.6) is 5.75 Å². The standard InChI is InChI=1S/C19H18O4S/c1-19(2,18(22)23)13-9-7-12(17(24)11-13)8-10-16(21)14-5-3-4-6-15(14)20/h3-10,20H,11H2,1-2H3,(H,22,23). The summed E-state index contributed by atoms with van der Waals surface area (Å²) in [5.74, 6) is -1.30. The van der Waals surface area contributed by atoms with E-state index < -0.39 is 11.4 Å². The lowest BCUT2D eigenvalue weighted by atomic mass is 9.79. The minimum absolute atomic E-state index is 0.0715. The highest BCUT2D eigenvalue weighted by Gasteiger charge is 2.33. The zero-order chi connectivity index (χ0) is 17.9. The van der Waals surface area contributed by atoms with Crippen LogP contribution in [0.25, 0.3) is 0 Å². The van der Waals surface area contributed by atoms with Crippen LogP contribution in [0.3, 0.4) is 0 Å². The summed E-state index contributed by atoms with van der Waals surface area (Å²) in [4.78, 5) is 24.0. The number of aromatic hydroxyl groups is 1. The Morgan fingerprint density at radius 2 is 1.88 bits per heavy atom. The third-order valence-electron chi connectivity index (χ3n) is 4.06. The first-order valence-corrected chi connectivity index (χ1v) is 7.82. The number of hydrogen-bond donors (Lipinski definition) is 2. The molecule has 0 atom stereocenters. The van der Waals surface area contributed by atoms with Gasteiger partial charge in [0.2, 0.25) is 0 Å². The Kier molecular flexibility index (Phi) is 5.14. The van der Waals surface area contributed by atoms with Crippen LogP contribution in [-0.4, -0.2) is 26.8 Å². The molecule has 0 radical (unpaired) electrons. The maximum absolute atomic E-state index is 12.1. The number of ketones is 1. The number of carboxylic acid groups (broad SMARTS) is 1. The maximum Gasteiger partial charge on any atom is 0.313 e. The molecular weight excluding hydrogens is 324 g/mol. The van der Waals surface area contributed by atoms with Crippen molar-refractivity contribution >= 4 is 28.8 Å². The van der Waals surface area contributed by atoms with Gasteiger partial charge in [-0.1, -0.05) is 36.5 Å². The van der Waals surface area contributed by atoms with Gasteiger partial charge in [0.05, 0.1) is 11.0 Å². The van der Waals surface area contributed by atoms with E-state index in [9.17, 15) is 19.8 Å². The molecule has 2 N–H and O–H groups in total. The molecule has 5 heteroatoms. The maximum atomic E-state index is 12.1. The number of aliphatic carboxylic acids is 1. The monoisotopic (exact) mass is 342 g/mol. The molecular formula is C19H18O4S. The van der Waals surface area contributed by atoms with Gasteiger partial charge in [0, 0.05) is 11.3 Å². The van der Waals surface area contributed by atoms with Gasteiger partial charge in [-0.05, 0) is 49.3 Å². The molecule has 4 nitrogen and oxygen atoms in total. The van der Waals surface area contributed by atoms with E-state index in [1.54, 1.807) is 50.3 Å². The van der Waals surface area contributed by atoms with Crippen LogP contribution in [0.2, 0.25) is 0 Å². The minimum Gasteiger partial charge on any atom is -0.507 e. The molecule has 2 rings (SSSR count). The predicted octanol–water partition coefficient (Wildman–Crippen LogP) is 3.87. The van der Waals surface area contributed by atoms with Crippen molar-refractivity contribution in [3.8, 4) is 5.75 Å². The van der Waals surface area contributed by atoms with Gasteiger partial charge in [-0.3, -0.25) is 9.59 Å². The highest BCUT2D eigenvalue weighted by molar-refractivity contribution is 7.80. The molecule has 124 valence electrons. The highest BCUT2D eigenvalue weighted by Crippen LogP contribution is 2.33. The molecule has 0 saturated heterocycles. The largest absolute Gasteiger partial charge is 0.507 e. The van der Waals surface area contributed by atoms with E-state index in [4.69, 9.17) is 12.2 Å². The number of para-hydroxylation sites is 1.